The zero-order chi connectivity index (χ0) is 55.0. The fraction of sp³-hybridized carbons (Fsp3) is 0.275. The molecule has 4 N–H and O–H groups in total. The summed E-state index contributed by atoms with van der Waals surface area (Å²) in [7, 11) is -2.23. The summed E-state index contributed by atoms with van der Waals surface area (Å²) >= 11 is 0. The first-order valence-corrected chi connectivity index (χ1v) is 26.3. The molecule has 25 heteroatoms. The summed E-state index contributed by atoms with van der Waals surface area (Å²) in [6, 6.07) is 26.6. The van der Waals surface area contributed by atoms with Crippen molar-refractivity contribution in [2.75, 3.05) is 63.8 Å². The SMILES string of the molecule is COc1cc(OCCCS(=O)(=O)O)ccc1/N=N/c1ccc(N=Nc2cc(OC)c(NC(=O)Nc3cc(C)c(/N=N/c4ccc(/N=N/c5ccc(OCCCS(=O)(=O)O)cc5OC)c(C)c4)cc3OC)cc2C)cc1C. The van der Waals surface area contributed by atoms with Gasteiger partial charge in [-0.05, 0) is 136 Å². The van der Waals surface area contributed by atoms with Gasteiger partial charge in [-0.15, -0.1) is 10.2 Å². The minimum Gasteiger partial charge on any atom is -0.494 e. The maximum Gasteiger partial charge on any atom is 0.323 e. The van der Waals surface area contributed by atoms with E-state index in [1.807, 2.05) is 27.7 Å². The van der Waals surface area contributed by atoms with E-state index < -0.39 is 37.8 Å². The van der Waals surface area contributed by atoms with E-state index in [2.05, 4.69) is 51.5 Å². The summed E-state index contributed by atoms with van der Waals surface area (Å²) in [4.78, 5) is 13.4. The van der Waals surface area contributed by atoms with E-state index in [1.165, 1.54) is 28.4 Å². The van der Waals surface area contributed by atoms with Gasteiger partial charge in [0, 0.05) is 24.3 Å². The number of amides is 2. The number of azo groups is 4. The number of nitrogens with zero attached hydrogens (tertiary/aromatic N) is 8. The minimum atomic E-state index is -4.07. The Balaban J connectivity index is 1.05. The van der Waals surface area contributed by atoms with Crippen LogP contribution in [0.1, 0.15) is 35.1 Å². The molecule has 23 nitrogen and oxygen atoms in total. The third-order valence-corrected chi connectivity index (χ3v) is 12.5. The van der Waals surface area contributed by atoms with Gasteiger partial charge in [-0.2, -0.15) is 47.5 Å². The predicted molar refractivity (Wildman–Crippen MR) is 286 cm³/mol. The van der Waals surface area contributed by atoms with E-state index in [-0.39, 0.29) is 26.1 Å². The van der Waals surface area contributed by atoms with E-state index in [1.54, 1.807) is 97.1 Å². The van der Waals surface area contributed by atoms with Crippen LogP contribution in [0.4, 0.5) is 61.7 Å². The molecule has 0 heterocycles. The lowest BCUT2D eigenvalue weighted by molar-refractivity contribution is 0.262. The highest BCUT2D eigenvalue weighted by Crippen LogP contribution is 2.39. The van der Waals surface area contributed by atoms with Gasteiger partial charge in [0.05, 0.1) is 98.7 Å². The summed E-state index contributed by atoms with van der Waals surface area (Å²) in [6.07, 6.45) is 0.238. The van der Waals surface area contributed by atoms with Gasteiger partial charge < -0.3 is 39.1 Å². The van der Waals surface area contributed by atoms with E-state index in [4.69, 9.17) is 37.5 Å². The number of hydrogen-bond donors (Lipinski definition) is 4. The highest BCUT2D eigenvalue weighted by molar-refractivity contribution is 7.86. The molecule has 2 amide bonds. The number of methoxy groups -OCH3 is 4. The molecule has 0 bridgehead atoms. The number of carbonyl (C=O) groups excluding carboxylic acids is 1. The number of anilines is 2. The molecule has 6 rings (SSSR count). The highest BCUT2D eigenvalue weighted by atomic mass is 32.2. The number of rotatable bonds is 24. The predicted octanol–water partition coefficient (Wildman–Crippen LogP) is 13.6. The summed E-state index contributed by atoms with van der Waals surface area (Å²) in [5.74, 6) is 1.53. The van der Waals surface area contributed by atoms with Crippen LogP contribution in [0, 0.1) is 27.7 Å². The third kappa shape index (κ3) is 16.8. The van der Waals surface area contributed by atoms with E-state index in [9.17, 15) is 21.6 Å². The maximum absolute atomic E-state index is 13.4. The molecule has 0 aliphatic heterocycles. The number of nitrogens with one attached hydrogen (secondary N) is 2. The number of hydrogen-bond acceptors (Lipinski definition) is 19. The Bertz CT molecular complexity index is 3200. The molecule has 0 saturated heterocycles. The van der Waals surface area contributed by atoms with E-state index in [0.717, 1.165) is 11.1 Å². The van der Waals surface area contributed by atoms with Crippen molar-refractivity contribution in [3.05, 3.63) is 119 Å². The normalized spacial score (nSPS) is 11.9. The van der Waals surface area contributed by atoms with E-state index in [0.29, 0.717) is 102 Å². The zero-order valence-electron chi connectivity index (χ0n) is 42.8. The van der Waals surface area contributed by atoms with Crippen molar-refractivity contribution in [2.24, 2.45) is 40.9 Å². The fourth-order valence-corrected chi connectivity index (χ4v) is 7.93. The molecule has 6 aromatic rings. The van der Waals surface area contributed by atoms with Crippen molar-refractivity contribution in [2.45, 2.75) is 40.5 Å². The van der Waals surface area contributed by atoms with Crippen molar-refractivity contribution in [3.63, 3.8) is 0 Å². The Morgan fingerprint density at radius 3 is 1.13 bits per heavy atom. The first-order valence-electron chi connectivity index (χ1n) is 23.1. The van der Waals surface area contributed by atoms with Gasteiger partial charge in [0.2, 0.25) is 0 Å². The monoisotopic (exact) mass is 1080 g/mol. The van der Waals surface area contributed by atoms with Crippen molar-refractivity contribution in [1.82, 2.24) is 0 Å². The van der Waals surface area contributed by atoms with Crippen LogP contribution < -0.4 is 39.1 Å². The molecule has 0 saturated carbocycles. The molecule has 0 aromatic heterocycles. The van der Waals surface area contributed by atoms with Crippen LogP contribution in [0.25, 0.3) is 0 Å². The summed E-state index contributed by atoms with van der Waals surface area (Å²) < 4.78 is 94.9. The van der Waals surface area contributed by atoms with Crippen LogP contribution in [0.15, 0.2) is 138 Å². The van der Waals surface area contributed by atoms with Crippen LogP contribution >= 0.6 is 0 Å². The molecule has 0 atom stereocenters. The van der Waals surface area contributed by atoms with Gasteiger partial charge in [-0.1, -0.05) is 0 Å². The number of benzene rings is 6. The molecule has 0 spiro atoms. The van der Waals surface area contributed by atoms with Gasteiger partial charge in [-0.25, -0.2) is 4.79 Å². The minimum absolute atomic E-state index is 0.0812. The Morgan fingerprint density at radius 1 is 0.434 bits per heavy atom. The number of carbonyl (C=O) groups is 1. The second-order valence-electron chi connectivity index (χ2n) is 16.6. The molecular weight excluding hydrogens is 1020 g/mol. The number of urea groups is 1. The van der Waals surface area contributed by atoms with Crippen LogP contribution in [-0.4, -0.2) is 85.1 Å². The van der Waals surface area contributed by atoms with Crippen molar-refractivity contribution in [3.8, 4) is 34.5 Å². The highest BCUT2D eigenvalue weighted by Gasteiger charge is 2.16. The Hall–Kier alpha value is -8.39. The summed E-state index contributed by atoms with van der Waals surface area (Å²) in [6.45, 7) is 7.53. The summed E-state index contributed by atoms with van der Waals surface area (Å²) in [5, 5.41) is 40.9. The van der Waals surface area contributed by atoms with Crippen molar-refractivity contribution >= 4 is 83.1 Å². The van der Waals surface area contributed by atoms with Crippen LogP contribution in [0.5, 0.6) is 34.5 Å². The van der Waals surface area contributed by atoms with Crippen LogP contribution in [0.3, 0.4) is 0 Å². The molecule has 0 radical (unpaired) electrons. The van der Waals surface area contributed by atoms with E-state index >= 15 is 0 Å². The molecule has 400 valence electrons. The Labute approximate surface area is 439 Å². The number of ether oxygens (including phenoxy) is 6. The average molecular weight is 1080 g/mol. The Morgan fingerprint density at radius 2 is 0.776 bits per heavy atom. The molecular formula is C51H56N10O13S2. The first-order chi connectivity index (χ1) is 36.2. The Kier molecular flexibility index (Phi) is 19.6. The molecule has 0 aliphatic carbocycles. The fourth-order valence-electron chi connectivity index (χ4n) is 6.97. The lowest BCUT2D eigenvalue weighted by Gasteiger charge is -2.15. The topological polar surface area (TPSA) is 304 Å². The van der Waals surface area contributed by atoms with Gasteiger partial charge in [-0.3, -0.25) is 9.11 Å². The molecule has 0 fully saturated rings. The smallest absolute Gasteiger partial charge is 0.323 e. The third-order valence-electron chi connectivity index (χ3n) is 10.9. The molecule has 6 aromatic carbocycles. The van der Waals surface area contributed by atoms with Crippen LogP contribution in [0.2, 0.25) is 0 Å². The van der Waals surface area contributed by atoms with Gasteiger partial charge in [0.15, 0.2) is 0 Å². The lowest BCUT2D eigenvalue weighted by atomic mass is 10.1. The lowest BCUT2D eigenvalue weighted by Crippen LogP contribution is -2.20. The van der Waals surface area contributed by atoms with Gasteiger partial charge in [0.1, 0.15) is 45.9 Å². The average Bonchev–Trinajstić information content (AvgIpc) is 3.37. The maximum atomic E-state index is 13.4. The van der Waals surface area contributed by atoms with Gasteiger partial charge >= 0.3 is 6.03 Å². The summed E-state index contributed by atoms with van der Waals surface area (Å²) in [5.41, 5.74) is 7.88. The van der Waals surface area contributed by atoms with Crippen molar-refractivity contribution in [1.29, 1.82) is 0 Å². The number of aryl methyl sites for hydroxylation is 4. The molecule has 0 unspecified atom stereocenters. The second-order valence-corrected chi connectivity index (χ2v) is 19.8. The molecule has 76 heavy (non-hydrogen) atoms. The zero-order valence-corrected chi connectivity index (χ0v) is 44.4. The molecule has 0 aliphatic rings. The van der Waals surface area contributed by atoms with Crippen molar-refractivity contribution < 1.29 is 59.2 Å². The van der Waals surface area contributed by atoms with Gasteiger partial charge in [0.25, 0.3) is 20.2 Å². The second kappa shape index (κ2) is 26.2. The van der Waals surface area contributed by atoms with Crippen LogP contribution in [-0.2, 0) is 20.2 Å². The largest absolute Gasteiger partial charge is 0.494 e. The standard InChI is InChI=1S/C51H56N10O13S2/c1-31-23-35(11-15-39(31)56-58-41-17-13-37(27-47(41)69-5)73-19-9-21-75(63,64)65)54-60-43-29-49(71-7)45(25-33(43)3)52-51(62)53-46-26-34(4)44(30-50(46)72-8)61-55-36-12-16-40(32(2)24-36)57-59-42-18-14-38(28-48(42)70-6)74-20-10-22-76(66,67)68/h11-18,23-30H,9-10,19-22H2,1-8H3,(H2,52,53,62)(H,63,64,65)(H,66,67,68)/b58-56+,59-57+,60-54+,61-55?. The quantitative estimate of drug-likeness (QED) is 0.0249. The first kappa shape index (κ1) is 56.9.